The van der Waals surface area contributed by atoms with Gasteiger partial charge in [-0.2, -0.15) is 0 Å². The Balaban J connectivity index is 1.80. The highest BCUT2D eigenvalue weighted by Crippen LogP contribution is 2.21. The normalized spacial score (nSPS) is 17.6. The molecule has 0 bridgehead atoms. The van der Waals surface area contributed by atoms with Gasteiger partial charge in [0.15, 0.2) is 0 Å². The zero-order valence-electron chi connectivity index (χ0n) is 15.4. The molecule has 1 aliphatic heterocycles. The summed E-state index contributed by atoms with van der Waals surface area (Å²) in [6.07, 6.45) is 1.03. The average molecular weight is 389 g/mol. The zero-order chi connectivity index (χ0) is 19.6. The van der Waals surface area contributed by atoms with Gasteiger partial charge >= 0.3 is 0 Å². The van der Waals surface area contributed by atoms with Crippen molar-refractivity contribution < 1.29 is 13.2 Å². The predicted octanol–water partition coefficient (Wildman–Crippen LogP) is 2.04. The van der Waals surface area contributed by atoms with Crippen LogP contribution < -0.4 is 10.3 Å². The molecule has 1 fully saturated rings. The van der Waals surface area contributed by atoms with Gasteiger partial charge in [0.05, 0.1) is 5.25 Å². The summed E-state index contributed by atoms with van der Waals surface area (Å²) in [5.41, 5.74) is 1.40. The van der Waals surface area contributed by atoms with Crippen LogP contribution in [0.2, 0.25) is 0 Å². The summed E-state index contributed by atoms with van der Waals surface area (Å²) in [6, 6.07) is 10.4. The number of piperidine rings is 1. The minimum absolute atomic E-state index is 0.0633. The van der Waals surface area contributed by atoms with Crippen molar-refractivity contribution in [1.82, 2.24) is 9.88 Å². The lowest BCUT2D eigenvalue weighted by atomic mass is 10.1. The van der Waals surface area contributed by atoms with Crippen LogP contribution in [0.4, 0.5) is 5.69 Å². The highest BCUT2D eigenvalue weighted by Gasteiger charge is 2.34. The summed E-state index contributed by atoms with van der Waals surface area (Å²) in [5, 5.41) is -0.722. The van der Waals surface area contributed by atoms with E-state index in [4.69, 9.17) is 0 Å². The quantitative estimate of drug-likeness (QED) is 0.836. The van der Waals surface area contributed by atoms with Gasteiger partial charge in [-0.05, 0) is 50.5 Å². The molecular formula is C19H23N3O4S. The van der Waals surface area contributed by atoms with Gasteiger partial charge in [-0.15, -0.1) is 0 Å². The number of carbonyl (C=O) groups excluding carboxylic acids is 1. The number of hydrogen-bond acceptors (Lipinski definition) is 4. The van der Waals surface area contributed by atoms with E-state index in [1.54, 1.807) is 50.2 Å². The first-order valence-electron chi connectivity index (χ1n) is 8.84. The van der Waals surface area contributed by atoms with E-state index in [0.29, 0.717) is 36.3 Å². The molecule has 0 unspecified atom stereocenters. The standard InChI is InChI=1S/C19H23N3O4S/c1-13-11-14(2)20-18(23)17(13)19(24)22-10-6-9-16(12-22)27(25,26)21-15-7-4-3-5-8-15/h3-5,7-8,11,16,21H,6,9-10,12H2,1-2H3,(H,20,23)/t16-/m1/s1. The number of amides is 1. The van der Waals surface area contributed by atoms with Crippen LogP contribution in [-0.2, 0) is 10.0 Å². The van der Waals surface area contributed by atoms with Crippen LogP contribution >= 0.6 is 0 Å². The number of likely N-dealkylation sites (tertiary alicyclic amines) is 1. The third-order valence-electron chi connectivity index (χ3n) is 4.72. The number of para-hydroxylation sites is 1. The van der Waals surface area contributed by atoms with Gasteiger partial charge in [0.2, 0.25) is 10.0 Å². The molecule has 1 atom stereocenters. The number of sulfonamides is 1. The van der Waals surface area contributed by atoms with Crippen molar-refractivity contribution in [2.75, 3.05) is 17.8 Å². The molecule has 27 heavy (non-hydrogen) atoms. The summed E-state index contributed by atoms with van der Waals surface area (Å²) >= 11 is 0. The number of benzene rings is 1. The number of nitrogens with zero attached hydrogens (tertiary/aromatic N) is 1. The SMILES string of the molecule is Cc1cc(C)c(C(=O)N2CCC[C@@H](S(=O)(=O)Nc3ccccc3)C2)c(=O)[nH]1. The Morgan fingerprint density at radius 2 is 1.93 bits per heavy atom. The van der Waals surface area contributed by atoms with Crippen molar-refractivity contribution in [2.45, 2.75) is 31.9 Å². The maximum absolute atomic E-state index is 12.9. The number of aromatic amines is 1. The van der Waals surface area contributed by atoms with Crippen LogP contribution in [0.1, 0.15) is 34.5 Å². The second kappa shape index (κ2) is 7.56. The molecule has 2 heterocycles. The molecule has 1 aromatic carbocycles. The average Bonchev–Trinajstić information content (AvgIpc) is 2.61. The van der Waals surface area contributed by atoms with E-state index in [-0.39, 0.29) is 12.1 Å². The van der Waals surface area contributed by atoms with Gasteiger partial charge in [0.1, 0.15) is 5.56 Å². The number of nitrogens with one attached hydrogen (secondary N) is 2. The Bertz CT molecular complexity index is 999. The predicted molar refractivity (Wildman–Crippen MR) is 104 cm³/mol. The Kier molecular flexibility index (Phi) is 5.36. The van der Waals surface area contributed by atoms with Crippen molar-refractivity contribution >= 4 is 21.6 Å². The lowest BCUT2D eigenvalue weighted by Gasteiger charge is -2.32. The second-order valence-electron chi connectivity index (χ2n) is 6.87. The minimum Gasteiger partial charge on any atom is -0.337 e. The smallest absolute Gasteiger partial charge is 0.261 e. The topological polar surface area (TPSA) is 99.3 Å². The fourth-order valence-electron chi connectivity index (χ4n) is 3.41. The second-order valence-corrected chi connectivity index (χ2v) is 8.83. The fourth-order valence-corrected chi connectivity index (χ4v) is 4.89. The maximum Gasteiger partial charge on any atom is 0.261 e. The van der Waals surface area contributed by atoms with Gasteiger partial charge in [-0.3, -0.25) is 14.3 Å². The van der Waals surface area contributed by atoms with E-state index < -0.39 is 26.7 Å². The molecule has 1 aromatic heterocycles. The molecule has 1 aliphatic rings. The van der Waals surface area contributed by atoms with Crippen molar-refractivity contribution in [2.24, 2.45) is 0 Å². The molecule has 0 aliphatic carbocycles. The number of aromatic nitrogens is 1. The summed E-state index contributed by atoms with van der Waals surface area (Å²) in [4.78, 5) is 29.2. The molecule has 2 N–H and O–H groups in total. The Hall–Kier alpha value is -2.61. The molecule has 144 valence electrons. The monoisotopic (exact) mass is 389 g/mol. The summed E-state index contributed by atoms with van der Waals surface area (Å²) in [6.45, 7) is 3.96. The maximum atomic E-state index is 12.9. The fraction of sp³-hybridized carbons (Fsp3) is 0.368. The van der Waals surface area contributed by atoms with E-state index in [1.807, 2.05) is 0 Å². The van der Waals surface area contributed by atoms with Crippen molar-refractivity contribution in [3.05, 3.63) is 63.6 Å². The largest absolute Gasteiger partial charge is 0.337 e. The van der Waals surface area contributed by atoms with Gasteiger partial charge in [-0.25, -0.2) is 8.42 Å². The number of rotatable bonds is 4. The highest BCUT2D eigenvalue weighted by atomic mass is 32.2. The first kappa shape index (κ1) is 19.2. The highest BCUT2D eigenvalue weighted by molar-refractivity contribution is 7.93. The first-order valence-corrected chi connectivity index (χ1v) is 10.4. The van der Waals surface area contributed by atoms with Gasteiger partial charge in [0, 0.05) is 24.5 Å². The Morgan fingerprint density at radius 3 is 2.59 bits per heavy atom. The van der Waals surface area contributed by atoms with Crippen LogP contribution in [-0.4, -0.2) is 42.5 Å². The zero-order valence-corrected chi connectivity index (χ0v) is 16.2. The van der Waals surface area contributed by atoms with E-state index in [2.05, 4.69) is 9.71 Å². The molecule has 1 amide bonds. The number of hydrogen-bond donors (Lipinski definition) is 2. The van der Waals surface area contributed by atoms with Crippen molar-refractivity contribution in [1.29, 1.82) is 0 Å². The summed E-state index contributed by atoms with van der Waals surface area (Å²) in [7, 11) is -3.64. The van der Waals surface area contributed by atoms with E-state index in [0.717, 1.165) is 0 Å². The number of aryl methyl sites for hydroxylation is 2. The lowest BCUT2D eigenvalue weighted by molar-refractivity contribution is 0.0724. The molecule has 0 radical (unpaired) electrons. The van der Waals surface area contributed by atoms with E-state index in [9.17, 15) is 18.0 Å². The molecule has 8 heteroatoms. The third-order valence-corrected chi connectivity index (χ3v) is 6.50. The Morgan fingerprint density at radius 1 is 1.22 bits per heavy atom. The number of anilines is 1. The lowest BCUT2D eigenvalue weighted by Crippen LogP contribution is -2.47. The van der Waals surface area contributed by atoms with Crippen LogP contribution in [0, 0.1) is 13.8 Å². The molecule has 7 nitrogen and oxygen atoms in total. The van der Waals surface area contributed by atoms with Crippen LogP contribution in [0.5, 0.6) is 0 Å². The van der Waals surface area contributed by atoms with Gasteiger partial charge in [-0.1, -0.05) is 18.2 Å². The van der Waals surface area contributed by atoms with Crippen molar-refractivity contribution in [3.8, 4) is 0 Å². The minimum atomic E-state index is -3.64. The number of pyridine rings is 1. The van der Waals surface area contributed by atoms with Gasteiger partial charge in [0.25, 0.3) is 11.5 Å². The number of carbonyl (C=O) groups is 1. The van der Waals surface area contributed by atoms with Gasteiger partial charge < -0.3 is 9.88 Å². The summed E-state index contributed by atoms with van der Waals surface area (Å²) < 4.78 is 28.0. The molecule has 3 rings (SSSR count). The van der Waals surface area contributed by atoms with Crippen molar-refractivity contribution in [3.63, 3.8) is 0 Å². The number of H-pyrrole nitrogens is 1. The molecule has 0 spiro atoms. The third kappa shape index (κ3) is 4.21. The summed E-state index contributed by atoms with van der Waals surface area (Å²) in [5.74, 6) is -0.423. The van der Waals surface area contributed by atoms with Crippen LogP contribution in [0.3, 0.4) is 0 Å². The van der Waals surface area contributed by atoms with E-state index >= 15 is 0 Å². The molecular weight excluding hydrogens is 366 g/mol. The molecule has 2 aromatic rings. The van der Waals surface area contributed by atoms with E-state index in [1.165, 1.54) is 4.90 Å². The Labute approximate surface area is 158 Å². The van der Waals surface area contributed by atoms with Crippen LogP contribution in [0.15, 0.2) is 41.2 Å². The van der Waals surface area contributed by atoms with Crippen LogP contribution in [0.25, 0.3) is 0 Å². The molecule has 0 saturated carbocycles. The molecule has 1 saturated heterocycles. The first-order chi connectivity index (χ1) is 12.8.